The number of amidine groups is 1. The number of ether oxygens (including phenoxy) is 1. The third-order valence-corrected chi connectivity index (χ3v) is 6.09. The zero-order valence-corrected chi connectivity index (χ0v) is 18.4. The molecule has 1 saturated heterocycles. The molecule has 1 unspecified atom stereocenters. The number of aliphatic imine (C=N–C) groups is 1. The summed E-state index contributed by atoms with van der Waals surface area (Å²) in [7, 11) is 0. The SMILES string of the molecule is CC1CN(C2=Nc3ccccc3Oc3ccccc32)CCN1C(=O)c1ccccc1C(F)(F)F. The fourth-order valence-electron chi connectivity index (χ4n) is 4.43. The lowest BCUT2D eigenvalue weighted by molar-refractivity contribution is -0.138. The highest BCUT2D eigenvalue weighted by Crippen LogP contribution is 2.38. The van der Waals surface area contributed by atoms with E-state index in [-0.39, 0.29) is 18.2 Å². The minimum absolute atomic E-state index is 0.274. The van der Waals surface area contributed by atoms with Crippen LogP contribution in [0.15, 0.2) is 77.8 Å². The molecule has 3 aromatic rings. The van der Waals surface area contributed by atoms with E-state index in [1.807, 2.05) is 55.5 Å². The van der Waals surface area contributed by atoms with Crippen molar-refractivity contribution in [3.63, 3.8) is 0 Å². The Hall–Kier alpha value is -3.81. The van der Waals surface area contributed by atoms with Crippen molar-refractivity contribution in [2.45, 2.75) is 19.1 Å². The fourth-order valence-corrected chi connectivity index (χ4v) is 4.43. The Balaban J connectivity index is 1.44. The second-order valence-corrected chi connectivity index (χ2v) is 8.34. The summed E-state index contributed by atoms with van der Waals surface area (Å²) in [5, 5.41) is 0. The normalized spacial score (nSPS) is 17.8. The van der Waals surface area contributed by atoms with Crippen molar-refractivity contribution in [1.29, 1.82) is 0 Å². The van der Waals surface area contributed by atoms with Gasteiger partial charge in [0, 0.05) is 25.7 Å². The predicted octanol–water partition coefficient (Wildman–Crippen LogP) is 5.74. The van der Waals surface area contributed by atoms with E-state index >= 15 is 0 Å². The number of rotatable bonds is 1. The second kappa shape index (κ2) is 8.52. The Morgan fingerprint density at radius 3 is 2.38 bits per heavy atom. The minimum atomic E-state index is -4.59. The molecule has 2 aliphatic heterocycles. The molecular weight excluding hydrogens is 443 g/mol. The molecule has 0 radical (unpaired) electrons. The molecule has 5 rings (SSSR count). The molecule has 1 fully saturated rings. The van der Waals surface area contributed by atoms with E-state index in [0.717, 1.165) is 17.5 Å². The number of hydrogen-bond donors (Lipinski definition) is 0. The topological polar surface area (TPSA) is 45.1 Å². The van der Waals surface area contributed by atoms with Crippen LogP contribution in [0.5, 0.6) is 11.5 Å². The highest BCUT2D eigenvalue weighted by molar-refractivity contribution is 6.04. The molecule has 0 aromatic heterocycles. The van der Waals surface area contributed by atoms with Gasteiger partial charge in [-0.15, -0.1) is 0 Å². The van der Waals surface area contributed by atoms with Gasteiger partial charge in [0.2, 0.25) is 0 Å². The van der Waals surface area contributed by atoms with E-state index in [2.05, 4.69) is 4.90 Å². The maximum Gasteiger partial charge on any atom is 0.417 e. The summed E-state index contributed by atoms with van der Waals surface area (Å²) in [5.74, 6) is 1.43. The first-order valence-corrected chi connectivity index (χ1v) is 11.0. The Morgan fingerprint density at radius 2 is 1.62 bits per heavy atom. The molecule has 0 N–H and O–H groups in total. The van der Waals surface area contributed by atoms with Gasteiger partial charge in [0.1, 0.15) is 17.3 Å². The summed E-state index contributed by atoms with van der Waals surface area (Å²) in [6.45, 7) is 2.97. The lowest BCUT2D eigenvalue weighted by atomic mass is 10.0. The number of piperazine rings is 1. The van der Waals surface area contributed by atoms with Crippen molar-refractivity contribution in [2.24, 2.45) is 4.99 Å². The molecule has 3 aromatic carbocycles. The highest BCUT2D eigenvalue weighted by atomic mass is 19.4. The summed E-state index contributed by atoms with van der Waals surface area (Å²) in [6, 6.07) is 19.7. The van der Waals surface area contributed by atoms with Gasteiger partial charge in [-0.2, -0.15) is 13.2 Å². The summed E-state index contributed by atoms with van der Waals surface area (Å²) in [5.41, 5.74) is 0.285. The van der Waals surface area contributed by atoms with E-state index < -0.39 is 17.6 Å². The van der Waals surface area contributed by atoms with Crippen LogP contribution in [0.25, 0.3) is 0 Å². The van der Waals surface area contributed by atoms with Crippen molar-refractivity contribution >= 4 is 17.4 Å². The maximum atomic E-state index is 13.5. The molecule has 2 heterocycles. The number of amides is 1. The quantitative estimate of drug-likeness (QED) is 0.461. The summed E-state index contributed by atoms with van der Waals surface area (Å²) >= 11 is 0. The Labute approximate surface area is 195 Å². The molecular formula is C26H22F3N3O2. The van der Waals surface area contributed by atoms with Crippen molar-refractivity contribution in [3.05, 3.63) is 89.5 Å². The molecule has 174 valence electrons. The second-order valence-electron chi connectivity index (χ2n) is 8.34. The van der Waals surface area contributed by atoms with Crippen LogP contribution in [0.2, 0.25) is 0 Å². The highest BCUT2D eigenvalue weighted by Gasteiger charge is 2.38. The van der Waals surface area contributed by atoms with Gasteiger partial charge in [-0.1, -0.05) is 36.4 Å². The van der Waals surface area contributed by atoms with Gasteiger partial charge in [0.25, 0.3) is 5.91 Å². The lowest BCUT2D eigenvalue weighted by Gasteiger charge is -2.41. The maximum absolute atomic E-state index is 13.5. The van der Waals surface area contributed by atoms with E-state index in [9.17, 15) is 18.0 Å². The van der Waals surface area contributed by atoms with Crippen LogP contribution in [0.1, 0.15) is 28.4 Å². The van der Waals surface area contributed by atoms with Crippen LogP contribution < -0.4 is 4.74 Å². The third-order valence-electron chi connectivity index (χ3n) is 6.09. The largest absolute Gasteiger partial charge is 0.454 e. The molecule has 1 atom stereocenters. The zero-order valence-electron chi connectivity index (χ0n) is 18.4. The van der Waals surface area contributed by atoms with E-state index in [1.165, 1.54) is 23.1 Å². The molecule has 0 bridgehead atoms. The molecule has 0 spiro atoms. The van der Waals surface area contributed by atoms with E-state index in [1.54, 1.807) is 0 Å². The first-order chi connectivity index (χ1) is 16.3. The Kier molecular flexibility index (Phi) is 5.51. The van der Waals surface area contributed by atoms with Crippen LogP contribution in [0, 0.1) is 0 Å². The predicted molar refractivity (Wildman–Crippen MR) is 123 cm³/mol. The van der Waals surface area contributed by atoms with Crippen LogP contribution in [-0.4, -0.2) is 47.2 Å². The van der Waals surface area contributed by atoms with Crippen molar-refractivity contribution < 1.29 is 22.7 Å². The number of benzene rings is 3. The summed E-state index contributed by atoms with van der Waals surface area (Å²) < 4.78 is 46.5. The molecule has 0 saturated carbocycles. The third kappa shape index (κ3) is 4.00. The van der Waals surface area contributed by atoms with Gasteiger partial charge >= 0.3 is 6.18 Å². The minimum Gasteiger partial charge on any atom is -0.454 e. The van der Waals surface area contributed by atoms with Crippen LogP contribution in [0.3, 0.4) is 0 Å². The average molecular weight is 465 g/mol. The molecule has 5 nitrogen and oxygen atoms in total. The number of nitrogens with zero attached hydrogens (tertiary/aromatic N) is 3. The number of halogens is 3. The summed E-state index contributed by atoms with van der Waals surface area (Å²) in [4.78, 5) is 21.6. The zero-order chi connectivity index (χ0) is 23.9. The van der Waals surface area contributed by atoms with Crippen molar-refractivity contribution in [3.8, 4) is 11.5 Å². The number of hydrogen-bond acceptors (Lipinski definition) is 4. The summed E-state index contributed by atoms with van der Waals surface area (Å²) in [6.07, 6.45) is -4.59. The number of carbonyl (C=O) groups excluding carboxylic acids is 1. The molecule has 34 heavy (non-hydrogen) atoms. The van der Waals surface area contributed by atoms with Gasteiger partial charge in [-0.05, 0) is 43.3 Å². The Bertz CT molecular complexity index is 1270. The van der Waals surface area contributed by atoms with E-state index in [4.69, 9.17) is 9.73 Å². The van der Waals surface area contributed by atoms with Gasteiger partial charge in [-0.25, -0.2) is 4.99 Å². The monoisotopic (exact) mass is 465 g/mol. The first kappa shape index (κ1) is 22.0. The van der Waals surface area contributed by atoms with E-state index in [0.29, 0.717) is 30.3 Å². The van der Waals surface area contributed by atoms with Gasteiger partial charge < -0.3 is 14.5 Å². The van der Waals surface area contributed by atoms with Crippen molar-refractivity contribution in [2.75, 3.05) is 19.6 Å². The van der Waals surface area contributed by atoms with Crippen LogP contribution in [0.4, 0.5) is 18.9 Å². The molecule has 2 aliphatic rings. The number of alkyl halides is 3. The molecule has 1 amide bonds. The van der Waals surface area contributed by atoms with Crippen LogP contribution in [-0.2, 0) is 6.18 Å². The smallest absolute Gasteiger partial charge is 0.417 e. The number of carbonyl (C=O) groups is 1. The first-order valence-electron chi connectivity index (χ1n) is 11.0. The lowest BCUT2D eigenvalue weighted by Crippen LogP contribution is -2.55. The standard InChI is InChI=1S/C26H22F3N3O2/c1-17-16-31(14-15-32(17)25(33)18-8-2-4-10-20(18)26(27,28)29)24-19-9-3-6-12-22(19)34-23-13-7-5-11-21(23)30-24/h2-13,17H,14-16H2,1H3. The number of fused-ring (bicyclic) bond motifs is 2. The molecule has 0 aliphatic carbocycles. The average Bonchev–Trinajstić information content (AvgIpc) is 3.00. The fraction of sp³-hybridized carbons (Fsp3) is 0.231. The van der Waals surface area contributed by atoms with Gasteiger partial charge in [0.15, 0.2) is 5.75 Å². The Morgan fingerprint density at radius 1 is 0.941 bits per heavy atom. The van der Waals surface area contributed by atoms with Crippen molar-refractivity contribution in [1.82, 2.24) is 9.80 Å². The van der Waals surface area contributed by atoms with Gasteiger partial charge in [0.05, 0.1) is 16.7 Å². The van der Waals surface area contributed by atoms with Gasteiger partial charge in [-0.3, -0.25) is 4.79 Å². The van der Waals surface area contributed by atoms with Crippen LogP contribution >= 0.6 is 0 Å². The number of para-hydroxylation sites is 3. The molecule has 8 heteroatoms.